The summed E-state index contributed by atoms with van der Waals surface area (Å²) in [4.78, 5) is 13.3. The molecule has 0 amide bonds. The van der Waals surface area contributed by atoms with Gasteiger partial charge in [0.15, 0.2) is 11.5 Å². The van der Waals surface area contributed by atoms with Crippen LogP contribution in [0.3, 0.4) is 0 Å². The van der Waals surface area contributed by atoms with Gasteiger partial charge in [-0.1, -0.05) is 0 Å². The lowest BCUT2D eigenvalue weighted by Crippen LogP contribution is -1.80. The third-order valence-electron chi connectivity index (χ3n) is 1.64. The zero-order chi connectivity index (χ0) is 9.26. The lowest BCUT2D eigenvalue weighted by molar-refractivity contribution is 1.23. The van der Waals surface area contributed by atoms with Crippen molar-refractivity contribution in [2.75, 3.05) is 6.26 Å². The number of rotatable bonds is 2. The topological polar surface area (TPSA) is 38.1 Å². The Morgan fingerprint density at radius 1 is 1.62 bits per heavy atom. The maximum Gasteiger partial charge on any atom is 0.172 e. The highest BCUT2D eigenvalue weighted by Gasteiger charge is 2.05. The zero-order valence-corrected chi connectivity index (χ0v) is 8.65. The summed E-state index contributed by atoms with van der Waals surface area (Å²) in [6.07, 6.45) is 2.00. The number of thioether (sulfide) groups is 1. The van der Waals surface area contributed by atoms with Gasteiger partial charge < -0.3 is 0 Å². The van der Waals surface area contributed by atoms with Crippen LogP contribution >= 0.6 is 23.1 Å². The Bertz CT molecular complexity index is 450. The van der Waals surface area contributed by atoms with Gasteiger partial charge in [-0.3, -0.25) is 0 Å². The van der Waals surface area contributed by atoms with Crippen molar-refractivity contribution in [3.63, 3.8) is 0 Å². The number of thiazole rings is 1. The Morgan fingerprint density at radius 2 is 2.46 bits per heavy atom. The number of hydrogen-bond acceptors (Lipinski definition) is 5. The van der Waals surface area contributed by atoms with Crippen LogP contribution < -0.4 is 0 Å². The minimum atomic E-state index is 0.672. The lowest BCUT2D eigenvalue weighted by Gasteiger charge is -1.99. The molecule has 0 unspecified atom stereocenters. The summed E-state index contributed by atoms with van der Waals surface area (Å²) in [5.41, 5.74) is 2.54. The van der Waals surface area contributed by atoms with E-state index in [1.54, 1.807) is 28.6 Å². The van der Waals surface area contributed by atoms with Crippen molar-refractivity contribution >= 4 is 46.0 Å². The van der Waals surface area contributed by atoms with Gasteiger partial charge in [0.1, 0.15) is 0 Å². The summed E-state index contributed by atoms with van der Waals surface area (Å²) in [6.45, 7) is 3.48. The summed E-state index contributed by atoms with van der Waals surface area (Å²) in [7, 11) is 0. The van der Waals surface area contributed by atoms with Gasteiger partial charge in [0.25, 0.3) is 0 Å². The van der Waals surface area contributed by atoms with E-state index in [0.29, 0.717) is 5.82 Å². The van der Waals surface area contributed by atoms with Crippen LogP contribution in [0, 0.1) is 0 Å². The summed E-state index contributed by atoms with van der Waals surface area (Å²) >= 11 is 3.21. The van der Waals surface area contributed by atoms with Crippen molar-refractivity contribution in [2.24, 2.45) is 4.99 Å². The van der Waals surface area contributed by atoms with Crippen molar-refractivity contribution in [2.45, 2.75) is 4.90 Å². The van der Waals surface area contributed by atoms with Crippen molar-refractivity contribution in [1.82, 2.24) is 9.97 Å². The molecule has 0 spiro atoms. The maximum atomic E-state index is 4.27. The first kappa shape index (κ1) is 8.65. The molecule has 13 heavy (non-hydrogen) atoms. The van der Waals surface area contributed by atoms with E-state index in [4.69, 9.17) is 0 Å². The predicted molar refractivity (Wildman–Crippen MR) is 58.4 cm³/mol. The first-order valence-electron chi connectivity index (χ1n) is 3.60. The molecule has 0 aromatic carbocycles. The van der Waals surface area contributed by atoms with Crippen LogP contribution in [0.25, 0.3) is 10.3 Å². The summed E-state index contributed by atoms with van der Waals surface area (Å²) in [6, 6.07) is 2.05. The number of hydrogen-bond donors (Lipinski definition) is 0. The Balaban J connectivity index is 2.73. The second-order valence-corrected chi connectivity index (χ2v) is 4.08. The fraction of sp³-hybridized carbons (Fsp3) is 0.125. The van der Waals surface area contributed by atoms with E-state index in [2.05, 4.69) is 27.7 Å². The molecule has 66 valence electrons. The Kier molecular flexibility index (Phi) is 2.28. The van der Waals surface area contributed by atoms with Crippen molar-refractivity contribution in [3.8, 4) is 0 Å². The fourth-order valence-electron chi connectivity index (χ4n) is 1.03. The molecule has 0 aliphatic carbocycles. The van der Waals surface area contributed by atoms with E-state index in [-0.39, 0.29) is 0 Å². The third-order valence-corrected chi connectivity index (χ3v) is 3.14. The van der Waals surface area contributed by atoms with E-state index in [1.807, 2.05) is 6.26 Å². The summed E-state index contributed by atoms with van der Waals surface area (Å²) in [5.74, 6) is 0.672. The summed E-state index contributed by atoms with van der Waals surface area (Å²) < 4.78 is 1.09. The zero-order valence-electron chi connectivity index (χ0n) is 7.02. The standard InChI is InChI=1S/C8H7N3S2/c1-9-7-5(12-2)3-6-8(11-7)10-4-13-6/h3-4H,1H2,2H3. The minimum absolute atomic E-state index is 0.672. The van der Waals surface area contributed by atoms with E-state index in [0.717, 1.165) is 15.2 Å². The van der Waals surface area contributed by atoms with E-state index < -0.39 is 0 Å². The van der Waals surface area contributed by atoms with Crippen LogP contribution in [0.5, 0.6) is 0 Å². The largest absolute Gasteiger partial charge is 0.244 e. The number of aromatic nitrogens is 2. The quantitative estimate of drug-likeness (QED) is 0.564. The minimum Gasteiger partial charge on any atom is -0.244 e. The molecule has 2 aromatic rings. The van der Waals surface area contributed by atoms with Crippen LogP contribution in [0.15, 0.2) is 21.5 Å². The molecule has 2 heterocycles. The van der Waals surface area contributed by atoms with Crippen molar-refractivity contribution in [3.05, 3.63) is 11.6 Å². The van der Waals surface area contributed by atoms with Gasteiger partial charge in [-0.15, -0.1) is 23.1 Å². The third kappa shape index (κ3) is 1.45. The van der Waals surface area contributed by atoms with Crippen LogP contribution in [-0.4, -0.2) is 22.9 Å². The fourth-order valence-corrected chi connectivity index (χ4v) is 2.29. The number of nitrogens with zero attached hydrogens (tertiary/aromatic N) is 3. The summed E-state index contributed by atoms with van der Waals surface area (Å²) in [5, 5.41) is 0. The highest BCUT2D eigenvalue weighted by atomic mass is 32.2. The van der Waals surface area contributed by atoms with Gasteiger partial charge in [-0.25, -0.2) is 15.0 Å². The van der Waals surface area contributed by atoms with Crippen LogP contribution in [0.1, 0.15) is 0 Å². The molecule has 2 rings (SSSR count). The van der Waals surface area contributed by atoms with Gasteiger partial charge in [-0.2, -0.15) is 0 Å². The Hall–Kier alpha value is -0.940. The van der Waals surface area contributed by atoms with Crippen molar-refractivity contribution < 1.29 is 0 Å². The average Bonchev–Trinajstić information content (AvgIpc) is 2.62. The van der Waals surface area contributed by atoms with Crippen LogP contribution in [0.2, 0.25) is 0 Å². The molecule has 3 nitrogen and oxygen atoms in total. The molecule has 0 bridgehead atoms. The SMILES string of the molecule is C=Nc1nc2ncsc2cc1SC. The molecule has 0 aliphatic rings. The maximum absolute atomic E-state index is 4.27. The average molecular weight is 209 g/mol. The highest BCUT2D eigenvalue weighted by molar-refractivity contribution is 7.98. The predicted octanol–water partition coefficient (Wildman–Crippen LogP) is 2.75. The smallest absolute Gasteiger partial charge is 0.172 e. The molecule has 5 heteroatoms. The first-order valence-corrected chi connectivity index (χ1v) is 5.70. The number of pyridine rings is 1. The number of fused-ring (bicyclic) bond motifs is 1. The monoisotopic (exact) mass is 209 g/mol. The molecule has 0 fully saturated rings. The Morgan fingerprint density at radius 3 is 3.15 bits per heavy atom. The van der Waals surface area contributed by atoms with Gasteiger partial charge in [-0.05, 0) is 19.0 Å². The molecular formula is C8H7N3S2. The molecule has 0 N–H and O–H groups in total. The highest BCUT2D eigenvalue weighted by Crippen LogP contribution is 2.30. The second-order valence-electron chi connectivity index (χ2n) is 2.35. The molecule has 0 atom stereocenters. The van der Waals surface area contributed by atoms with Crippen molar-refractivity contribution in [1.29, 1.82) is 0 Å². The van der Waals surface area contributed by atoms with E-state index >= 15 is 0 Å². The molecule has 0 aliphatic heterocycles. The van der Waals surface area contributed by atoms with Gasteiger partial charge in [0.05, 0.1) is 15.1 Å². The molecule has 0 saturated heterocycles. The van der Waals surface area contributed by atoms with E-state index in [1.165, 1.54) is 0 Å². The second kappa shape index (κ2) is 3.43. The van der Waals surface area contributed by atoms with Gasteiger partial charge in [0, 0.05) is 0 Å². The molecule has 2 aromatic heterocycles. The van der Waals surface area contributed by atoms with Crippen LogP contribution in [0.4, 0.5) is 5.82 Å². The van der Waals surface area contributed by atoms with Gasteiger partial charge >= 0.3 is 0 Å². The Labute approximate surface area is 83.9 Å². The number of aliphatic imine (C=N–C) groups is 1. The lowest BCUT2D eigenvalue weighted by atomic mass is 10.4. The molecule has 0 saturated carbocycles. The van der Waals surface area contributed by atoms with Crippen LogP contribution in [-0.2, 0) is 0 Å². The normalized spacial score (nSPS) is 10.5. The van der Waals surface area contributed by atoms with E-state index in [9.17, 15) is 0 Å². The first-order chi connectivity index (χ1) is 6.35. The van der Waals surface area contributed by atoms with Gasteiger partial charge in [0.2, 0.25) is 0 Å². The molecule has 0 radical (unpaired) electrons. The molecular weight excluding hydrogens is 202 g/mol.